The highest BCUT2D eigenvalue weighted by Crippen LogP contribution is 2.30. The molecule has 142 valence electrons. The van der Waals surface area contributed by atoms with Crippen molar-refractivity contribution in [2.24, 2.45) is 5.92 Å². The Hall–Kier alpha value is -2.06. The summed E-state index contributed by atoms with van der Waals surface area (Å²) in [6.45, 7) is 3.71. The van der Waals surface area contributed by atoms with Crippen LogP contribution < -0.4 is 10.6 Å². The monoisotopic (exact) mass is 388 g/mol. The lowest BCUT2D eigenvalue weighted by Crippen LogP contribution is -2.48. The predicted octanol–water partition coefficient (Wildman–Crippen LogP) is 3.04. The van der Waals surface area contributed by atoms with Crippen LogP contribution in [0.4, 0.5) is 13.2 Å². The fourth-order valence-electron chi connectivity index (χ4n) is 2.98. The Bertz CT molecular complexity index is 762. The van der Waals surface area contributed by atoms with Crippen LogP contribution in [0.3, 0.4) is 0 Å². The second kappa shape index (κ2) is 8.09. The number of nitrogens with zero attached hydrogens (tertiary/aromatic N) is 2. The van der Waals surface area contributed by atoms with E-state index in [0.717, 1.165) is 36.5 Å². The molecule has 9 heteroatoms. The van der Waals surface area contributed by atoms with Gasteiger partial charge in [-0.2, -0.15) is 18.3 Å². The number of alkyl halides is 3. The first-order valence-corrected chi connectivity index (χ1v) is 8.09. The number of amides is 1. The van der Waals surface area contributed by atoms with Gasteiger partial charge in [-0.1, -0.05) is 13.0 Å². The van der Waals surface area contributed by atoms with E-state index in [9.17, 15) is 18.0 Å². The lowest BCUT2D eigenvalue weighted by Gasteiger charge is -2.30. The third kappa shape index (κ3) is 4.37. The van der Waals surface area contributed by atoms with Crippen LogP contribution in [0, 0.1) is 5.92 Å². The van der Waals surface area contributed by atoms with Gasteiger partial charge in [-0.15, -0.1) is 12.4 Å². The van der Waals surface area contributed by atoms with Gasteiger partial charge in [-0.05, 0) is 49.7 Å². The van der Waals surface area contributed by atoms with Crippen LogP contribution in [0.2, 0.25) is 0 Å². The van der Waals surface area contributed by atoms with Crippen LogP contribution in [0.5, 0.6) is 0 Å². The quantitative estimate of drug-likeness (QED) is 0.849. The van der Waals surface area contributed by atoms with E-state index < -0.39 is 11.9 Å². The molecule has 1 saturated heterocycles. The first-order valence-electron chi connectivity index (χ1n) is 8.09. The van der Waals surface area contributed by atoms with E-state index in [-0.39, 0.29) is 30.0 Å². The highest BCUT2D eigenvalue weighted by Gasteiger charge is 2.35. The summed E-state index contributed by atoms with van der Waals surface area (Å²) in [5.41, 5.74) is -0.368. The molecule has 2 aromatic rings. The maximum absolute atomic E-state index is 13.0. The Morgan fingerprint density at radius 1 is 1.35 bits per heavy atom. The van der Waals surface area contributed by atoms with Gasteiger partial charge in [0, 0.05) is 11.6 Å². The number of benzene rings is 1. The fraction of sp³-hybridized carbons (Fsp3) is 0.412. The van der Waals surface area contributed by atoms with Crippen molar-refractivity contribution in [3.63, 3.8) is 0 Å². The molecule has 0 radical (unpaired) electrons. The highest BCUT2D eigenvalue weighted by atomic mass is 35.5. The van der Waals surface area contributed by atoms with Crippen molar-refractivity contribution < 1.29 is 18.0 Å². The average molecular weight is 389 g/mol. The molecule has 0 saturated carbocycles. The van der Waals surface area contributed by atoms with Gasteiger partial charge in [0.2, 0.25) is 0 Å². The van der Waals surface area contributed by atoms with E-state index in [1.54, 1.807) is 12.1 Å². The van der Waals surface area contributed by atoms with Gasteiger partial charge in [0.1, 0.15) is 5.69 Å². The topological polar surface area (TPSA) is 58.9 Å². The Balaban J connectivity index is 0.00000243. The van der Waals surface area contributed by atoms with Crippen molar-refractivity contribution in [1.82, 2.24) is 20.4 Å². The lowest BCUT2D eigenvalue weighted by atomic mass is 9.95. The summed E-state index contributed by atoms with van der Waals surface area (Å²) >= 11 is 0. The van der Waals surface area contributed by atoms with E-state index >= 15 is 0 Å². The SMILES string of the molecule is CC1CNCCC1NC(=O)c1cccc(-n2nccc2C(F)(F)F)c1.Cl. The molecule has 2 N–H and O–H groups in total. The largest absolute Gasteiger partial charge is 0.433 e. The molecule has 26 heavy (non-hydrogen) atoms. The third-order valence-corrected chi connectivity index (χ3v) is 4.39. The second-order valence-corrected chi connectivity index (χ2v) is 6.23. The summed E-state index contributed by atoms with van der Waals surface area (Å²) in [4.78, 5) is 12.5. The van der Waals surface area contributed by atoms with Gasteiger partial charge in [0.15, 0.2) is 0 Å². The zero-order valence-corrected chi connectivity index (χ0v) is 14.9. The van der Waals surface area contributed by atoms with Crippen molar-refractivity contribution >= 4 is 18.3 Å². The molecule has 2 heterocycles. The van der Waals surface area contributed by atoms with Crippen molar-refractivity contribution in [2.45, 2.75) is 25.6 Å². The summed E-state index contributed by atoms with van der Waals surface area (Å²) in [5.74, 6) is 0.00476. The van der Waals surface area contributed by atoms with Gasteiger partial charge in [0.05, 0.1) is 11.9 Å². The Morgan fingerprint density at radius 2 is 2.12 bits per heavy atom. The summed E-state index contributed by atoms with van der Waals surface area (Å²) in [6.07, 6.45) is -2.60. The Morgan fingerprint density at radius 3 is 2.81 bits per heavy atom. The average Bonchev–Trinajstić information content (AvgIpc) is 3.07. The molecule has 1 aromatic heterocycles. The van der Waals surface area contributed by atoms with Crippen LogP contribution in [0.15, 0.2) is 36.5 Å². The van der Waals surface area contributed by atoms with Crippen LogP contribution in [-0.2, 0) is 6.18 Å². The van der Waals surface area contributed by atoms with Crippen LogP contribution in [0.1, 0.15) is 29.4 Å². The minimum Gasteiger partial charge on any atom is -0.349 e. The maximum Gasteiger partial charge on any atom is 0.433 e. The van der Waals surface area contributed by atoms with Crippen molar-refractivity contribution in [2.75, 3.05) is 13.1 Å². The molecule has 1 amide bonds. The number of carbonyl (C=O) groups excluding carboxylic acids is 1. The third-order valence-electron chi connectivity index (χ3n) is 4.39. The van der Waals surface area contributed by atoms with E-state index in [1.807, 2.05) is 6.92 Å². The lowest BCUT2D eigenvalue weighted by molar-refractivity contribution is -0.142. The highest BCUT2D eigenvalue weighted by molar-refractivity contribution is 5.95. The Kier molecular flexibility index (Phi) is 6.30. The molecule has 1 fully saturated rings. The molecule has 1 aliphatic heterocycles. The van der Waals surface area contributed by atoms with Gasteiger partial charge in [-0.3, -0.25) is 4.79 Å². The smallest absolute Gasteiger partial charge is 0.349 e. The van der Waals surface area contributed by atoms with Crippen molar-refractivity contribution in [3.8, 4) is 5.69 Å². The number of hydrogen-bond acceptors (Lipinski definition) is 3. The molecule has 3 rings (SSSR count). The molecular weight excluding hydrogens is 369 g/mol. The zero-order chi connectivity index (χ0) is 18.0. The first-order chi connectivity index (χ1) is 11.9. The summed E-state index contributed by atoms with van der Waals surface area (Å²) in [6, 6.07) is 7.01. The zero-order valence-electron chi connectivity index (χ0n) is 14.1. The van der Waals surface area contributed by atoms with E-state index in [0.29, 0.717) is 11.5 Å². The number of rotatable bonds is 3. The molecule has 1 aliphatic rings. The molecule has 5 nitrogen and oxygen atoms in total. The summed E-state index contributed by atoms with van der Waals surface area (Å²) in [5, 5.41) is 9.97. The normalized spacial score (nSPS) is 20.3. The van der Waals surface area contributed by atoms with Crippen molar-refractivity contribution in [3.05, 3.63) is 47.8 Å². The number of carbonyl (C=O) groups is 1. The van der Waals surface area contributed by atoms with Crippen LogP contribution >= 0.6 is 12.4 Å². The van der Waals surface area contributed by atoms with Gasteiger partial charge >= 0.3 is 6.18 Å². The number of nitrogens with one attached hydrogen (secondary N) is 2. The van der Waals surface area contributed by atoms with E-state index in [2.05, 4.69) is 15.7 Å². The number of aromatic nitrogens is 2. The molecule has 0 spiro atoms. The summed E-state index contributed by atoms with van der Waals surface area (Å²) < 4.78 is 39.9. The molecule has 2 atom stereocenters. The maximum atomic E-state index is 13.0. The number of piperidine rings is 1. The first kappa shape index (κ1) is 20.3. The van der Waals surface area contributed by atoms with E-state index in [4.69, 9.17) is 0 Å². The van der Waals surface area contributed by atoms with Gasteiger partial charge in [0.25, 0.3) is 5.91 Å². The van der Waals surface area contributed by atoms with Crippen LogP contribution in [0.25, 0.3) is 5.69 Å². The predicted molar refractivity (Wildman–Crippen MR) is 93.7 cm³/mol. The Labute approximate surface area is 155 Å². The molecule has 2 unspecified atom stereocenters. The fourth-order valence-corrected chi connectivity index (χ4v) is 2.98. The van der Waals surface area contributed by atoms with Gasteiger partial charge < -0.3 is 10.6 Å². The number of hydrogen-bond donors (Lipinski definition) is 2. The summed E-state index contributed by atoms with van der Waals surface area (Å²) in [7, 11) is 0. The minimum atomic E-state index is -4.51. The van der Waals surface area contributed by atoms with Crippen LogP contribution in [-0.4, -0.2) is 34.8 Å². The molecule has 0 bridgehead atoms. The molecule has 0 aliphatic carbocycles. The van der Waals surface area contributed by atoms with Gasteiger partial charge in [-0.25, -0.2) is 4.68 Å². The molecule has 1 aromatic carbocycles. The molecular formula is C17H20ClF3N4O. The number of halogens is 4. The van der Waals surface area contributed by atoms with E-state index in [1.165, 1.54) is 12.1 Å². The second-order valence-electron chi connectivity index (χ2n) is 6.23. The standard InChI is InChI=1S/C17H19F3N4O.ClH/c1-11-10-21-7-5-14(11)23-16(25)12-3-2-4-13(9-12)24-15(6-8-22-24)17(18,19)20;/h2-4,6,8-9,11,14,21H,5,7,10H2,1H3,(H,23,25);1H. The minimum absolute atomic E-state index is 0. The van der Waals surface area contributed by atoms with Crippen molar-refractivity contribution in [1.29, 1.82) is 0 Å².